The standard InChI is InChI=1S/C31H26F3N3O4/c32-31(33,34)24-4-2-1-3-21(24)28-22(29(41-36-28)18-6-7-18)11-5-17-15-37(16-17)19-8-12-25-23(13-19)27(40-20-9-10-20)14-26(35-25)30(38)39/h1-5,8,11-14,17-18,20H,6-7,9-10,15-16H2,(H,38,39). The molecule has 210 valence electrons. The average molecular weight is 562 g/mol. The fraction of sp³-hybridized carbons (Fsp3) is 0.323. The number of benzene rings is 2. The van der Waals surface area contributed by atoms with E-state index in [9.17, 15) is 23.1 Å². The van der Waals surface area contributed by atoms with Gasteiger partial charge in [-0.25, -0.2) is 9.78 Å². The summed E-state index contributed by atoms with van der Waals surface area (Å²) in [7, 11) is 0. The minimum atomic E-state index is -4.50. The molecule has 41 heavy (non-hydrogen) atoms. The summed E-state index contributed by atoms with van der Waals surface area (Å²) in [4.78, 5) is 18.0. The molecular formula is C31H26F3N3O4. The largest absolute Gasteiger partial charge is 0.490 e. The molecule has 0 amide bonds. The number of aromatic carboxylic acids is 1. The molecule has 3 aliphatic rings. The minimum absolute atomic E-state index is 0.0191. The van der Waals surface area contributed by atoms with Gasteiger partial charge in [0.1, 0.15) is 17.2 Å². The first-order valence-electron chi connectivity index (χ1n) is 13.7. The number of pyridine rings is 1. The van der Waals surface area contributed by atoms with E-state index in [1.54, 1.807) is 6.07 Å². The third-order valence-electron chi connectivity index (χ3n) is 7.79. The molecule has 1 N–H and O–H groups in total. The van der Waals surface area contributed by atoms with Gasteiger partial charge in [-0.1, -0.05) is 35.5 Å². The van der Waals surface area contributed by atoms with Gasteiger partial charge in [0.25, 0.3) is 0 Å². The Morgan fingerprint density at radius 3 is 2.56 bits per heavy atom. The Labute approximate surface area is 233 Å². The summed E-state index contributed by atoms with van der Waals surface area (Å²) in [5.41, 5.74) is 1.61. The first-order chi connectivity index (χ1) is 19.7. The fourth-order valence-electron chi connectivity index (χ4n) is 5.27. The number of ether oxygens (including phenoxy) is 1. The zero-order valence-corrected chi connectivity index (χ0v) is 21.9. The highest BCUT2D eigenvalue weighted by Gasteiger charge is 2.37. The SMILES string of the molecule is O=C(O)c1cc(OC2CC2)c2cc(N3CC(C=Cc4c(-c5ccccc5C(F)(F)F)noc4C4CC4)C3)ccc2n1. The van der Waals surface area contributed by atoms with Crippen LogP contribution in [0.25, 0.3) is 28.2 Å². The zero-order valence-electron chi connectivity index (χ0n) is 21.9. The molecule has 7 nitrogen and oxygen atoms in total. The number of alkyl halides is 3. The number of hydrogen-bond acceptors (Lipinski definition) is 6. The molecule has 3 heterocycles. The van der Waals surface area contributed by atoms with Gasteiger partial charge in [0, 0.05) is 53.2 Å². The second-order valence-corrected chi connectivity index (χ2v) is 11.0. The minimum Gasteiger partial charge on any atom is -0.490 e. The van der Waals surface area contributed by atoms with Gasteiger partial charge in [-0.05, 0) is 49.9 Å². The molecule has 0 atom stereocenters. The lowest BCUT2D eigenvalue weighted by Crippen LogP contribution is -2.45. The van der Waals surface area contributed by atoms with E-state index < -0.39 is 17.7 Å². The van der Waals surface area contributed by atoms with Gasteiger partial charge < -0.3 is 19.3 Å². The maximum absolute atomic E-state index is 13.7. The number of carbonyl (C=O) groups is 1. The number of aromatic nitrogens is 2. The van der Waals surface area contributed by atoms with E-state index in [2.05, 4.69) is 15.0 Å². The van der Waals surface area contributed by atoms with Crippen molar-refractivity contribution in [3.8, 4) is 17.0 Å². The van der Waals surface area contributed by atoms with Crippen molar-refractivity contribution in [2.45, 2.75) is 43.9 Å². The Bertz CT molecular complexity index is 1680. The molecule has 4 aromatic rings. The lowest BCUT2D eigenvalue weighted by atomic mass is 9.95. The first-order valence-corrected chi connectivity index (χ1v) is 13.7. The Morgan fingerprint density at radius 2 is 1.85 bits per heavy atom. The van der Waals surface area contributed by atoms with Gasteiger partial charge in [-0.15, -0.1) is 0 Å². The lowest BCUT2D eigenvalue weighted by molar-refractivity contribution is -0.137. The number of nitrogens with zero attached hydrogens (tertiary/aromatic N) is 3. The summed E-state index contributed by atoms with van der Waals surface area (Å²) in [5, 5.41) is 14.3. The molecule has 2 aliphatic carbocycles. The van der Waals surface area contributed by atoms with Gasteiger partial charge in [-0.2, -0.15) is 13.2 Å². The quantitative estimate of drug-likeness (QED) is 0.244. The summed E-state index contributed by atoms with van der Waals surface area (Å²) >= 11 is 0. The van der Waals surface area contributed by atoms with Crippen molar-refractivity contribution >= 4 is 28.6 Å². The van der Waals surface area contributed by atoms with Crippen molar-refractivity contribution in [2.75, 3.05) is 18.0 Å². The predicted octanol–water partition coefficient (Wildman–Crippen LogP) is 7.18. The maximum atomic E-state index is 13.7. The summed E-state index contributed by atoms with van der Waals surface area (Å²) < 4.78 is 52.8. The Kier molecular flexibility index (Phi) is 6.02. The Balaban J connectivity index is 1.13. The van der Waals surface area contributed by atoms with Crippen molar-refractivity contribution in [1.29, 1.82) is 0 Å². The molecule has 1 aliphatic heterocycles. The maximum Gasteiger partial charge on any atom is 0.417 e. The lowest BCUT2D eigenvalue weighted by Gasteiger charge is -2.39. The third kappa shape index (κ3) is 5.03. The molecule has 0 radical (unpaired) electrons. The van der Waals surface area contributed by atoms with Crippen LogP contribution in [0.5, 0.6) is 5.75 Å². The number of rotatable bonds is 8. The molecule has 1 saturated heterocycles. The van der Waals surface area contributed by atoms with Gasteiger partial charge in [0.2, 0.25) is 0 Å². The number of hydrogen-bond donors (Lipinski definition) is 1. The fourth-order valence-corrected chi connectivity index (χ4v) is 5.27. The van der Waals surface area contributed by atoms with Crippen LogP contribution in [0.1, 0.15) is 59.0 Å². The van der Waals surface area contributed by atoms with Crippen molar-refractivity contribution < 1.29 is 32.3 Å². The van der Waals surface area contributed by atoms with Crippen molar-refractivity contribution in [1.82, 2.24) is 10.1 Å². The monoisotopic (exact) mass is 561 g/mol. The number of carboxylic acid groups (broad SMARTS) is 1. The van der Waals surface area contributed by atoms with E-state index in [1.807, 2.05) is 30.4 Å². The van der Waals surface area contributed by atoms with Gasteiger partial charge in [-0.3, -0.25) is 0 Å². The van der Waals surface area contributed by atoms with E-state index in [0.29, 0.717) is 22.6 Å². The topological polar surface area (TPSA) is 88.7 Å². The molecule has 7 rings (SSSR count). The molecular weight excluding hydrogens is 535 g/mol. The van der Waals surface area contributed by atoms with E-state index in [-0.39, 0.29) is 34.9 Å². The van der Waals surface area contributed by atoms with Gasteiger partial charge in [0.15, 0.2) is 5.69 Å². The molecule has 2 aromatic carbocycles. The summed E-state index contributed by atoms with van der Waals surface area (Å²) in [6, 6.07) is 12.7. The second-order valence-electron chi connectivity index (χ2n) is 11.0. The van der Waals surface area contributed by atoms with Crippen LogP contribution >= 0.6 is 0 Å². The van der Waals surface area contributed by atoms with Gasteiger partial charge in [0.05, 0.1) is 17.2 Å². The highest BCUT2D eigenvalue weighted by Crippen LogP contribution is 2.46. The van der Waals surface area contributed by atoms with Crippen molar-refractivity contribution in [2.24, 2.45) is 5.92 Å². The second kappa shape index (κ2) is 9.64. The van der Waals surface area contributed by atoms with E-state index >= 15 is 0 Å². The molecule has 2 saturated carbocycles. The molecule has 0 spiro atoms. The van der Waals surface area contributed by atoms with E-state index in [0.717, 1.165) is 55.9 Å². The summed E-state index contributed by atoms with van der Waals surface area (Å²) in [6.45, 7) is 1.44. The number of halogens is 3. The first kappa shape index (κ1) is 25.6. The van der Waals surface area contributed by atoms with Gasteiger partial charge >= 0.3 is 12.1 Å². The average Bonchev–Trinajstić information content (AvgIpc) is 3.86. The molecule has 10 heteroatoms. The van der Waals surface area contributed by atoms with Crippen LogP contribution in [-0.4, -0.2) is 40.4 Å². The normalized spacial score (nSPS) is 17.8. The number of fused-ring (bicyclic) bond motifs is 1. The number of carboxylic acids is 1. The zero-order chi connectivity index (χ0) is 28.3. The van der Waals surface area contributed by atoms with Crippen LogP contribution in [-0.2, 0) is 6.18 Å². The Morgan fingerprint density at radius 1 is 1.07 bits per heavy atom. The van der Waals surface area contributed by atoms with Crippen LogP contribution in [0.2, 0.25) is 0 Å². The van der Waals surface area contributed by atoms with Crippen LogP contribution in [0, 0.1) is 5.92 Å². The van der Waals surface area contributed by atoms with E-state index in [4.69, 9.17) is 9.26 Å². The highest BCUT2D eigenvalue weighted by atomic mass is 19.4. The molecule has 0 bridgehead atoms. The van der Waals surface area contributed by atoms with Crippen LogP contribution in [0.15, 0.2) is 59.1 Å². The molecule has 0 unspecified atom stereocenters. The van der Waals surface area contributed by atoms with Crippen LogP contribution in [0.3, 0.4) is 0 Å². The smallest absolute Gasteiger partial charge is 0.417 e. The summed E-state index contributed by atoms with van der Waals surface area (Å²) in [6.07, 6.45) is 3.27. The third-order valence-corrected chi connectivity index (χ3v) is 7.79. The highest BCUT2D eigenvalue weighted by molar-refractivity contribution is 5.94. The molecule has 2 aromatic heterocycles. The predicted molar refractivity (Wildman–Crippen MR) is 146 cm³/mol. The molecule has 3 fully saturated rings. The van der Waals surface area contributed by atoms with Crippen LogP contribution < -0.4 is 9.64 Å². The van der Waals surface area contributed by atoms with Crippen LogP contribution in [0.4, 0.5) is 18.9 Å². The summed E-state index contributed by atoms with van der Waals surface area (Å²) in [5.74, 6) is 0.451. The van der Waals surface area contributed by atoms with E-state index in [1.165, 1.54) is 18.2 Å². The van der Waals surface area contributed by atoms with Crippen molar-refractivity contribution in [3.05, 3.63) is 77.2 Å². The number of anilines is 1. The van der Waals surface area contributed by atoms with Crippen molar-refractivity contribution in [3.63, 3.8) is 0 Å². The Hall–Kier alpha value is -4.34.